The minimum absolute atomic E-state index is 0.0391. The Morgan fingerprint density at radius 1 is 1.35 bits per heavy atom. The number of hydrogen-bond donors (Lipinski definition) is 2. The second-order valence-corrected chi connectivity index (χ2v) is 6.99. The summed E-state index contributed by atoms with van der Waals surface area (Å²) >= 11 is 0. The van der Waals surface area contributed by atoms with Gasteiger partial charge in [-0.15, -0.1) is 0 Å². The van der Waals surface area contributed by atoms with Crippen LogP contribution in [0.25, 0.3) is 5.65 Å². The summed E-state index contributed by atoms with van der Waals surface area (Å²) in [6.45, 7) is 8.33. The number of carbonyl (C=O) groups excluding carboxylic acids is 1. The van der Waals surface area contributed by atoms with Crippen molar-refractivity contribution >= 4 is 17.5 Å². The van der Waals surface area contributed by atoms with Crippen molar-refractivity contribution in [3.63, 3.8) is 0 Å². The van der Waals surface area contributed by atoms with E-state index in [4.69, 9.17) is 5.11 Å². The highest BCUT2D eigenvalue weighted by Crippen LogP contribution is 2.26. The Kier molecular flexibility index (Phi) is 4.95. The Bertz CT molecular complexity index is 854. The van der Waals surface area contributed by atoms with Crippen molar-refractivity contribution in [2.45, 2.75) is 52.6 Å². The van der Waals surface area contributed by atoms with Crippen LogP contribution in [0, 0.1) is 20.8 Å². The Balaban J connectivity index is 1.70. The van der Waals surface area contributed by atoms with Crippen molar-refractivity contribution in [1.82, 2.24) is 24.8 Å². The van der Waals surface area contributed by atoms with E-state index in [9.17, 15) is 9.59 Å². The smallest absolute Gasteiger partial charge is 0.317 e. The molecule has 0 aliphatic heterocycles. The molecule has 2 aromatic rings. The number of aromatic nitrogens is 3. The standard InChI is InChI=1S/C18H25N5O3/c1-5-22(9-15(24)25)14-7-13(8-14)20-18(26)16-12(4)21-23-11(3)6-10(2)19-17(16)23/h6,13-14H,5,7-9H2,1-4H3,(H,20,26)(H,24,25). The molecule has 0 aromatic carbocycles. The fourth-order valence-electron chi connectivity index (χ4n) is 3.63. The third-order valence-corrected chi connectivity index (χ3v) is 5.01. The molecular formula is C18H25N5O3. The van der Waals surface area contributed by atoms with E-state index < -0.39 is 5.97 Å². The lowest BCUT2D eigenvalue weighted by Gasteiger charge is -2.42. The summed E-state index contributed by atoms with van der Waals surface area (Å²) in [5, 5.41) is 16.4. The van der Waals surface area contributed by atoms with Gasteiger partial charge in [-0.3, -0.25) is 14.5 Å². The Hall–Kier alpha value is -2.48. The number of hydrogen-bond acceptors (Lipinski definition) is 5. The first-order chi connectivity index (χ1) is 12.3. The van der Waals surface area contributed by atoms with Gasteiger partial charge in [-0.1, -0.05) is 6.92 Å². The zero-order valence-electron chi connectivity index (χ0n) is 15.6. The Morgan fingerprint density at radius 2 is 2.04 bits per heavy atom. The molecule has 2 N–H and O–H groups in total. The minimum Gasteiger partial charge on any atom is -0.480 e. The van der Waals surface area contributed by atoms with Crippen LogP contribution in [0.3, 0.4) is 0 Å². The average molecular weight is 359 g/mol. The highest BCUT2D eigenvalue weighted by Gasteiger charge is 2.35. The molecule has 26 heavy (non-hydrogen) atoms. The number of nitrogens with zero attached hydrogens (tertiary/aromatic N) is 4. The number of aliphatic carboxylic acids is 1. The van der Waals surface area contributed by atoms with Crippen molar-refractivity contribution in [2.75, 3.05) is 13.1 Å². The minimum atomic E-state index is -0.821. The van der Waals surface area contributed by atoms with Gasteiger partial charge in [0.15, 0.2) is 5.65 Å². The Morgan fingerprint density at radius 3 is 2.65 bits per heavy atom. The number of likely N-dealkylation sites (N-methyl/N-ethyl adjacent to an activating group) is 1. The van der Waals surface area contributed by atoms with Crippen LogP contribution >= 0.6 is 0 Å². The van der Waals surface area contributed by atoms with Crippen molar-refractivity contribution < 1.29 is 14.7 Å². The zero-order chi connectivity index (χ0) is 19.0. The number of carboxylic acids is 1. The third-order valence-electron chi connectivity index (χ3n) is 5.01. The van der Waals surface area contributed by atoms with Gasteiger partial charge in [0.05, 0.1) is 12.2 Å². The van der Waals surface area contributed by atoms with Gasteiger partial charge in [0.2, 0.25) is 0 Å². The zero-order valence-corrected chi connectivity index (χ0v) is 15.6. The van der Waals surface area contributed by atoms with Crippen LogP contribution in [0.15, 0.2) is 6.07 Å². The van der Waals surface area contributed by atoms with E-state index in [2.05, 4.69) is 15.4 Å². The second kappa shape index (κ2) is 7.03. The molecule has 8 heteroatoms. The molecule has 0 unspecified atom stereocenters. The normalized spacial score (nSPS) is 19.6. The van der Waals surface area contributed by atoms with Crippen LogP contribution in [0.5, 0.6) is 0 Å². The number of rotatable bonds is 6. The predicted molar refractivity (Wildman–Crippen MR) is 96.4 cm³/mol. The summed E-state index contributed by atoms with van der Waals surface area (Å²) in [5.74, 6) is -0.988. The summed E-state index contributed by atoms with van der Waals surface area (Å²) in [5.41, 5.74) is 3.53. The molecular weight excluding hydrogens is 334 g/mol. The van der Waals surface area contributed by atoms with Crippen molar-refractivity contribution in [3.8, 4) is 0 Å². The average Bonchev–Trinajstić information content (AvgIpc) is 2.84. The van der Waals surface area contributed by atoms with Gasteiger partial charge in [0.25, 0.3) is 5.91 Å². The van der Waals surface area contributed by atoms with E-state index in [1.807, 2.05) is 38.7 Å². The van der Waals surface area contributed by atoms with Crippen LogP contribution in [-0.2, 0) is 4.79 Å². The number of carbonyl (C=O) groups is 2. The van der Waals surface area contributed by atoms with Crippen LogP contribution in [0.2, 0.25) is 0 Å². The van der Waals surface area contributed by atoms with E-state index in [0.29, 0.717) is 23.4 Å². The van der Waals surface area contributed by atoms with Crippen LogP contribution < -0.4 is 5.32 Å². The van der Waals surface area contributed by atoms with Gasteiger partial charge in [-0.25, -0.2) is 9.50 Å². The van der Waals surface area contributed by atoms with Gasteiger partial charge in [-0.05, 0) is 46.2 Å². The quantitative estimate of drug-likeness (QED) is 0.807. The molecule has 0 bridgehead atoms. The van der Waals surface area contributed by atoms with Gasteiger partial charge >= 0.3 is 5.97 Å². The lowest BCUT2D eigenvalue weighted by molar-refractivity contribution is -0.139. The van der Waals surface area contributed by atoms with E-state index >= 15 is 0 Å². The van der Waals surface area contributed by atoms with Crippen LogP contribution in [0.1, 0.15) is 47.2 Å². The highest BCUT2D eigenvalue weighted by atomic mass is 16.4. The summed E-state index contributed by atoms with van der Waals surface area (Å²) in [7, 11) is 0. The SMILES string of the molecule is CCN(CC(=O)O)C1CC(NC(=O)c2c(C)nn3c(C)cc(C)nc23)C1. The van der Waals surface area contributed by atoms with E-state index in [-0.39, 0.29) is 24.5 Å². The number of nitrogens with one attached hydrogen (secondary N) is 1. The maximum Gasteiger partial charge on any atom is 0.317 e. The first-order valence-corrected chi connectivity index (χ1v) is 8.90. The lowest BCUT2D eigenvalue weighted by Crippen LogP contribution is -2.54. The molecule has 1 amide bonds. The maximum atomic E-state index is 12.8. The maximum absolute atomic E-state index is 12.8. The summed E-state index contributed by atoms with van der Waals surface area (Å²) in [4.78, 5) is 30.1. The molecule has 3 rings (SSSR count). The van der Waals surface area contributed by atoms with Gasteiger partial charge < -0.3 is 10.4 Å². The Labute approximate surface area is 152 Å². The predicted octanol–water partition coefficient (Wildman–Crippen LogP) is 1.32. The van der Waals surface area contributed by atoms with Gasteiger partial charge in [0, 0.05) is 23.5 Å². The van der Waals surface area contributed by atoms with Gasteiger partial charge in [-0.2, -0.15) is 5.10 Å². The van der Waals surface area contributed by atoms with Gasteiger partial charge in [0.1, 0.15) is 5.56 Å². The molecule has 0 radical (unpaired) electrons. The molecule has 1 aliphatic rings. The van der Waals surface area contributed by atoms with E-state index in [0.717, 1.165) is 24.2 Å². The largest absolute Gasteiger partial charge is 0.480 e. The molecule has 140 valence electrons. The van der Waals surface area contributed by atoms with Crippen LogP contribution in [0.4, 0.5) is 0 Å². The molecule has 1 fully saturated rings. The van der Waals surface area contributed by atoms with Crippen molar-refractivity contribution in [2.24, 2.45) is 0 Å². The van der Waals surface area contributed by atoms with Crippen LogP contribution in [-0.4, -0.2) is 61.7 Å². The molecule has 8 nitrogen and oxygen atoms in total. The van der Waals surface area contributed by atoms with Crippen molar-refractivity contribution in [1.29, 1.82) is 0 Å². The molecule has 0 spiro atoms. The highest BCUT2D eigenvalue weighted by molar-refractivity contribution is 6.01. The van der Waals surface area contributed by atoms with Crippen molar-refractivity contribution in [3.05, 3.63) is 28.7 Å². The molecule has 1 aliphatic carbocycles. The number of amides is 1. The number of aryl methyl sites for hydroxylation is 3. The van der Waals surface area contributed by atoms with E-state index in [1.165, 1.54) is 0 Å². The first kappa shape index (κ1) is 18.3. The third kappa shape index (κ3) is 3.41. The number of carboxylic acid groups (broad SMARTS) is 1. The lowest BCUT2D eigenvalue weighted by atomic mass is 9.85. The first-order valence-electron chi connectivity index (χ1n) is 8.90. The molecule has 2 aromatic heterocycles. The molecule has 2 heterocycles. The molecule has 0 atom stereocenters. The monoisotopic (exact) mass is 359 g/mol. The topological polar surface area (TPSA) is 99.8 Å². The molecule has 0 saturated heterocycles. The fraction of sp³-hybridized carbons (Fsp3) is 0.556. The van der Waals surface area contributed by atoms with E-state index in [1.54, 1.807) is 4.52 Å². The second-order valence-electron chi connectivity index (χ2n) is 6.99. The summed E-state index contributed by atoms with van der Waals surface area (Å²) in [6, 6.07) is 2.18. The number of fused-ring (bicyclic) bond motifs is 1. The molecule has 1 saturated carbocycles. The fourth-order valence-corrected chi connectivity index (χ4v) is 3.63. The summed E-state index contributed by atoms with van der Waals surface area (Å²) in [6.07, 6.45) is 1.52. The summed E-state index contributed by atoms with van der Waals surface area (Å²) < 4.78 is 1.70.